The molecule has 1 amide bonds. The van der Waals surface area contributed by atoms with E-state index in [9.17, 15) is 4.79 Å². The molecule has 4 heteroatoms. The van der Waals surface area contributed by atoms with Crippen molar-refractivity contribution >= 4 is 5.91 Å². The monoisotopic (exact) mass is 233 g/mol. The Kier molecular flexibility index (Phi) is 2.67. The third-order valence-electron chi connectivity index (χ3n) is 4.23. The van der Waals surface area contributed by atoms with E-state index in [-0.39, 0.29) is 11.8 Å². The van der Waals surface area contributed by atoms with Crippen LogP contribution in [0.25, 0.3) is 0 Å². The largest absolute Gasteiger partial charge is 0.367 e. The number of aromatic amines is 1. The zero-order valence-electron chi connectivity index (χ0n) is 9.96. The molecule has 1 unspecified atom stereocenters. The molecule has 17 heavy (non-hydrogen) atoms. The number of carbonyl (C=O) groups excluding carboxylic acids is 1. The SMILES string of the molecule is O=C(NCc1cc[nH]c1)C1CC12CCNCC2. The van der Waals surface area contributed by atoms with Gasteiger partial charge in [-0.15, -0.1) is 0 Å². The second-order valence-electron chi connectivity index (χ2n) is 5.31. The zero-order valence-corrected chi connectivity index (χ0v) is 9.96. The first-order valence-corrected chi connectivity index (χ1v) is 6.40. The second-order valence-corrected chi connectivity index (χ2v) is 5.31. The maximum atomic E-state index is 12.0. The van der Waals surface area contributed by atoms with Gasteiger partial charge in [-0.3, -0.25) is 4.79 Å². The van der Waals surface area contributed by atoms with Gasteiger partial charge in [-0.25, -0.2) is 0 Å². The van der Waals surface area contributed by atoms with Crippen LogP contribution < -0.4 is 10.6 Å². The maximum absolute atomic E-state index is 12.0. The second kappa shape index (κ2) is 4.18. The average Bonchev–Trinajstić information content (AvgIpc) is 2.82. The lowest BCUT2D eigenvalue weighted by Gasteiger charge is -2.23. The summed E-state index contributed by atoms with van der Waals surface area (Å²) in [6.07, 6.45) is 7.22. The van der Waals surface area contributed by atoms with Gasteiger partial charge in [0.05, 0.1) is 0 Å². The number of rotatable bonds is 3. The molecule has 1 atom stereocenters. The van der Waals surface area contributed by atoms with E-state index in [0.717, 1.165) is 37.9 Å². The molecule has 2 aliphatic rings. The minimum absolute atomic E-state index is 0.244. The summed E-state index contributed by atoms with van der Waals surface area (Å²) in [6, 6.07) is 1.99. The number of nitrogens with one attached hydrogen (secondary N) is 3. The maximum Gasteiger partial charge on any atom is 0.223 e. The number of hydrogen-bond acceptors (Lipinski definition) is 2. The minimum Gasteiger partial charge on any atom is -0.367 e. The molecule has 0 radical (unpaired) electrons. The number of H-pyrrole nitrogens is 1. The first-order valence-electron chi connectivity index (χ1n) is 6.40. The predicted octanol–water partition coefficient (Wildman–Crippen LogP) is 1.02. The fourth-order valence-corrected chi connectivity index (χ4v) is 2.98. The molecule has 1 saturated carbocycles. The Labute approximate surface area is 101 Å². The number of piperidine rings is 1. The normalized spacial score (nSPS) is 25.8. The van der Waals surface area contributed by atoms with E-state index >= 15 is 0 Å². The molecule has 1 aromatic rings. The van der Waals surface area contributed by atoms with Crippen LogP contribution in [0.3, 0.4) is 0 Å². The van der Waals surface area contributed by atoms with Crippen LogP contribution in [0, 0.1) is 11.3 Å². The number of hydrogen-bond donors (Lipinski definition) is 3. The van der Waals surface area contributed by atoms with Gasteiger partial charge in [-0.2, -0.15) is 0 Å². The quantitative estimate of drug-likeness (QED) is 0.730. The smallest absolute Gasteiger partial charge is 0.223 e. The molecule has 3 N–H and O–H groups in total. The topological polar surface area (TPSA) is 56.9 Å². The van der Waals surface area contributed by atoms with Crippen LogP contribution in [-0.4, -0.2) is 24.0 Å². The summed E-state index contributed by atoms with van der Waals surface area (Å²) in [7, 11) is 0. The molecule has 1 aliphatic carbocycles. The van der Waals surface area contributed by atoms with Crippen LogP contribution in [0.2, 0.25) is 0 Å². The van der Waals surface area contributed by atoms with Crippen molar-refractivity contribution in [1.82, 2.24) is 15.6 Å². The van der Waals surface area contributed by atoms with Crippen LogP contribution in [0.4, 0.5) is 0 Å². The third-order valence-corrected chi connectivity index (χ3v) is 4.23. The van der Waals surface area contributed by atoms with Gasteiger partial charge in [-0.05, 0) is 49.4 Å². The standard InChI is InChI=1S/C13H19N3O/c17-12(16-9-10-1-4-15-8-10)11-7-13(11)2-5-14-6-3-13/h1,4,8,11,14-15H,2-3,5-7,9H2,(H,16,17). The number of amides is 1. The summed E-state index contributed by atoms with van der Waals surface area (Å²) in [6.45, 7) is 2.79. The summed E-state index contributed by atoms with van der Waals surface area (Å²) < 4.78 is 0. The van der Waals surface area contributed by atoms with E-state index in [0.29, 0.717) is 12.0 Å². The Balaban J connectivity index is 1.51. The van der Waals surface area contributed by atoms with Crippen molar-refractivity contribution in [3.8, 4) is 0 Å². The molecule has 4 nitrogen and oxygen atoms in total. The van der Waals surface area contributed by atoms with Crippen LogP contribution in [0.5, 0.6) is 0 Å². The van der Waals surface area contributed by atoms with E-state index in [2.05, 4.69) is 15.6 Å². The lowest BCUT2D eigenvalue weighted by Crippen LogP contribution is -2.33. The summed E-state index contributed by atoms with van der Waals surface area (Å²) in [5.41, 5.74) is 1.48. The van der Waals surface area contributed by atoms with Crippen LogP contribution >= 0.6 is 0 Å². The Hall–Kier alpha value is -1.29. The third kappa shape index (κ3) is 2.09. The molecule has 1 aliphatic heterocycles. The van der Waals surface area contributed by atoms with Gasteiger partial charge in [0.2, 0.25) is 5.91 Å². The van der Waals surface area contributed by atoms with Crippen molar-refractivity contribution in [2.24, 2.45) is 11.3 Å². The van der Waals surface area contributed by atoms with Gasteiger partial charge in [0.1, 0.15) is 0 Å². The van der Waals surface area contributed by atoms with Gasteiger partial charge in [0.25, 0.3) is 0 Å². The highest BCUT2D eigenvalue weighted by atomic mass is 16.2. The Morgan fingerprint density at radius 1 is 1.47 bits per heavy atom. The molecule has 1 saturated heterocycles. The van der Waals surface area contributed by atoms with E-state index in [4.69, 9.17) is 0 Å². The average molecular weight is 233 g/mol. The molecule has 1 aromatic heterocycles. The van der Waals surface area contributed by atoms with E-state index in [1.54, 1.807) is 0 Å². The molecule has 2 fully saturated rings. The molecular formula is C13H19N3O. The summed E-state index contributed by atoms with van der Waals surface area (Å²) in [5.74, 6) is 0.511. The van der Waals surface area contributed by atoms with Gasteiger partial charge >= 0.3 is 0 Å². The van der Waals surface area contributed by atoms with Crippen LogP contribution in [0.15, 0.2) is 18.5 Å². The zero-order chi connectivity index (χ0) is 11.7. The molecule has 3 rings (SSSR count). The lowest BCUT2D eigenvalue weighted by atomic mass is 9.92. The van der Waals surface area contributed by atoms with Crippen molar-refractivity contribution in [1.29, 1.82) is 0 Å². The van der Waals surface area contributed by atoms with E-state index in [1.165, 1.54) is 0 Å². The van der Waals surface area contributed by atoms with Gasteiger partial charge in [0.15, 0.2) is 0 Å². The molecule has 0 aromatic carbocycles. The van der Waals surface area contributed by atoms with E-state index < -0.39 is 0 Å². The first kappa shape index (κ1) is 10.8. The molecular weight excluding hydrogens is 214 g/mol. The fourth-order valence-electron chi connectivity index (χ4n) is 2.98. The summed E-state index contributed by atoms with van der Waals surface area (Å²) in [4.78, 5) is 15.0. The minimum atomic E-state index is 0.244. The molecule has 1 spiro atoms. The Bertz CT molecular complexity index is 393. The summed E-state index contributed by atoms with van der Waals surface area (Å²) >= 11 is 0. The number of aromatic nitrogens is 1. The predicted molar refractivity (Wildman–Crippen MR) is 65.3 cm³/mol. The molecule has 0 bridgehead atoms. The molecule has 2 heterocycles. The molecule has 92 valence electrons. The number of carbonyl (C=O) groups is 1. The first-order chi connectivity index (χ1) is 8.30. The summed E-state index contributed by atoms with van der Waals surface area (Å²) in [5, 5.41) is 6.40. The van der Waals surface area contributed by atoms with Gasteiger partial charge in [0, 0.05) is 24.9 Å². The highest BCUT2D eigenvalue weighted by Crippen LogP contribution is 2.58. The fraction of sp³-hybridized carbons (Fsp3) is 0.615. The van der Waals surface area contributed by atoms with Crippen LogP contribution in [-0.2, 0) is 11.3 Å². The lowest BCUT2D eigenvalue weighted by molar-refractivity contribution is -0.123. The van der Waals surface area contributed by atoms with Crippen molar-refractivity contribution < 1.29 is 4.79 Å². The van der Waals surface area contributed by atoms with Crippen molar-refractivity contribution in [2.45, 2.75) is 25.8 Å². The Morgan fingerprint density at radius 2 is 2.29 bits per heavy atom. The van der Waals surface area contributed by atoms with Gasteiger partial charge < -0.3 is 15.6 Å². The van der Waals surface area contributed by atoms with Crippen molar-refractivity contribution in [3.63, 3.8) is 0 Å². The highest BCUT2D eigenvalue weighted by Gasteiger charge is 2.57. The van der Waals surface area contributed by atoms with Crippen molar-refractivity contribution in [3.05, 3.63) is 24.0 Å². The van der Waals surface area contributed by atoms with E-state index in [1.807, 2.05) is 18.5 Å². The van der Waals surface area contributed by atoms with Crippen LogP contribution in [0.1, 0.15) is 24.8 Å². The highest BCUT2D eigenvalue weighted by molar-refractivity contribution is 5.82. The Morgan fingerprint density at radius 3 is 3.00 bits per heavy atom. The van der Waals surface area contributed by atoms with Crippen molar-refractivity contribution in [2.75, 3.05) is 13.1 Å². The van der Waals surface area contributed by atoms with Gasteiger partial charge in [-0.1, -0.05) is 0 Å².